The summed E-state index contributed by atoms with van der Waals surface area (Å²) in [6.45, 7) is 1.78. The van der Waals surface area contributed by atoms with Crippen LogP contribution in [0.25, 0.3) is 0 Å². The Morgan fingerprint density at radius 2 is 1.59 bits per heavy atom. The van der Waals surface area contributed by atoms with Gasteiger partial charge in [-0.3, -0.25) is 0 Å². The highest BCUT2D eigenvalue weighted by Crippen LogP contribution is 2.15. The third-order valence-corrected chi connectivity index (χ3v) is 2.95. The van der Waals surface area contributed by atoms with Crippen LogP contribution >= 0.6 is 0 Å². The molecule has 0 heterocycles. The summed E-state index contributed by atoms with van der Waals surface area (Å²) in [6.07, 6.45) is -0.575. The zero-order valence-corrected chi connectivity index (χ0v) is 12.3. The zero-order valence-electron chi connectivity index (χ0n) is 12.3. The summed E-state index contributed by atoms with van der Waals surface area (Å²) in [7, 11) is 0. The van der Waals surface area contributed by atoms with E-state index in [9.17, 15) is 5.11 Å². The lowest BCUT2D eigenvalue weighted by molar-refractivity contribution is 0.105. The molecule has 0 aliphatic heterocycles. The van der Waals surface area contributed by atoms with Gasteiger partial charge in [-0.15, -0.1) is 0 Å². The fourth-order valence-corrected chi connectivity index (χ4v) is 1.82. The fraction of sp³-hybridized carbons (Fsp3) is 0.294. The normalized spacial score (nSPS) is 11.9. The standard InChI is InChI=1S/C17H21NO4/c19-14-6-8-17(9-7-14)21-11-10-18-12-15(20)13-22-16-4-2-1-3-5-16/h1-9,15,18-20H,10-13H2/t15-/m0/s1. The molecule has 0 aromatic heterocycles. The number of aromatic hydroxyl groups is 1. The first-order chi connectivity index (χ1) is 10.7. The van der Waals surface area contributed by atoms with Crippen LogP contribution in [-0.4, -0.2) is 42.6 Å². The van der Waals surface area contributed by atoms with Crippen LogP contribution in [0.5, 0.6) is 17.2 Å². The van der Waals surface area contributed by atoms with E-state index >= 15 is 0 Å². The molecule has 118 valence electrons. The average Bonchev–Trinajstić information content (AvgIpc) is 2.55. The first-order valence-electron chi connectivity index (χ1n) is 7.22. The fourth-order valence-electron chi connectivity index (χ4n) is 1.82. The van der Waals surface area contributed by atoms with E-state index < -0.39 is 6.10 Å². The van der Waals surface area contributed by atoms with Crippen molar-refractivity contribution in [1.29, 1.82) is 0 Å². The Labute approximate surface area is 130 Å². The average molecular weight is 303 g/mol. The Balaban J connectivity index is 1.53. The molecule has 2 rings (SSSR count). The van der Waals surface area contributed by atoms with E-state index in [2.05, 4.69) is 5.32 Å². The highest BCUT2D eigenvalue weighted by atomic mass is 16.5. The molecule has 5 nitrogen and oxygen atoms in total. The van der Waals surface area contributed by atoms with E-state index in [1.807, 2.05) is 30.3 Å². The Bertz CT molecular complexity index is 530. The summed E-state index contributed by atoms with van der Waals surface area (Å²) < 4.78 is 10.9. The molecule has 2 aromatic rings. The summed E-state index contributed by atoms with van der Waals surface area (Å²) in [6, 6.07) is 16.0. The van der Waals surface area contributed by atoms with E-state index in [1.165, 1.54) is 0 Å². The molecular formula is C17H21NO4. The van der Waals surface area contributed by atoms with Crippen LogP contribution in [0.2, 0.25) is 0 Å². The molecule has 0 amide bonds. The summed E-state index contributed by atoms with van der Waals surface area (Å²) in [5, 5.41) is 22.1. The third-order valence-electron chi connectivity index (χ3n) is 2.95. The van der Waals surface area contributed by atoms with Crippen molar-refractivity contribution in [2.45, 2.75) is 6.10 Å². The van der Waals surface area contributed by atoms with Crippen molar-refractivity contribution in [2.24, 2.45) is 0 Å². The molecule has 0 saturated heterocycles. The lowest BCUT2D eigenvalue weighted by Crippen LogP contribution is -2.33. The van der Waals surface area contributed by atoms with Gasteiger partial charge in [-0.05, 0) is 36.4 Å². The molecule has 3 N–H and O–H groups in total. The summed E-state index contributed by atoms with van der Waals surface area (Å²) in [4.78, 5) is 0. The number of para-hydroxylation sites is 1. The van der Waals surface area contributed by atoms with Crippen molar-refractivity contribution in [3.8, 4) is 17.2 Å². The molecule has 0 unspecified atom stereocenters. The van der Waals surface area contributed by atoms with Crippen molar-refractivity contribution < 1.29 is 19.7 Å². The molecule has 5 heteroatoms. The Hall–Kier alpha value is -2.24. The number of aliphatic hydroxyl groups excluding tert-OH is 1. The smallest absolute Gasteiger partial charge is 0.119 e. The van der Waals surface area contributed by atoms with Gasteiger partial charge < -0.3 is 25.0 Å². The van der Waals surface area contributed by atoms with Crippen molar-refractivity contribution in [3.63, 3.8) is 0 Å². The van der Waals surface area contributed by atoms with Crippen LogP contribution in [0.4, 0.5) is 0 Å². The number of nitrogens with one attached hydrogen (secondary N) is 1. The number of aliphatic hydroxyl groups is 1. The highest BCUT2D eigenvalue weighted by Gasteiger charge is 2.04. The number of phenols is 1. The van der Waals surface area contributed by atoms with Crippen LogP contribution in [0.15, 0.2) is 54.6 Å². The minimum absolute atomic E-state index is 0.215. The monoisotopic (exact) mass is 303 g/mol. The molecule has 1 atom stereocenters. The number of rotatable bonds is 9. The summed E-state index contributed by atoms with van der Waals surface area (Å²) >= 11 is 0. The van der Waals surface area contributed by atoms with E-state index in [0.717, 1.165) is 5.75 Å². The van der Waals surface area contributed by atoms with E-state index in [0.29, 0.717) is 25.4 Å². The first kappa shape index (κ1) is 16.1. The molecule has 0 fully saturated rings. The van der Waals surface area contributed by atoms with Crippen molar-refractivity contribution in [1.82, 2.24) is 5.32 Å². The summed E-state index contributed by atoms with van der Waals surface area (Å²) in [5.74, 6) is 1.66. The predicted octanol–water partition coefficient (Wildman–Crippen LogP) is 1.80. The zero-order chi connectivity index (χ0) is 15.6. The lowest BCUT2D eigenvalue weighted by atomic mass is 10.3. The van der Waals surface area contributed by atoms with Crippen molar-refractivity contribution >= 4 is 0 Å². The highest BCUT2D eigenvalue weighted by molar-refractivity contribution is 5.30. The van der Waals surface area contributed by atoms with Gasteiger partial charge in [0.05, 0.1) is 0 Å². The number of hydrogen-bond acceptors (Lipinski definition) is 5. The minimum Gasteiger partial charge on any atom is -0.508 e. The van der Waals surface area contributed by atoms with Gasteiger partial charge in [-0.25, -0.2) is 0 Å². The molecule has 0 aliphatic rings. The van der Waals surface area contributed by atoms with Crippen LogP contribution in [0.1, 0.15) is 0 Å². The number of phenolic OH excluding ortho intramolecular Hbond substituents is 1. The SMILES string of the molecule is Oc1ccc(OCCNC[C@H](O)COc2ccccc2)cc1. The third kappa shape index (κ3) is 6.03. The van der Waals surface area contributed by atoms with Gasteiger partial charge in [0.2, 0.25) is 0 Å². The largest absolute Gasteiger partial charge is 0.508 e. The second kappa shape index (κ2) is 8.92. The lowest BCUT2D eigenvalue weighted by Gasteiger charge is -2.13. The van der Waals surface area contributed by atoms with E-state index in [1.54, 1.807) is 24.3 Å². The van der Waals surface area contributed by atoms with Gasteiger partial charge in [0.25, 0.3) is 0 Å². The van der Waals surface area contributed by atoms with Gasteiger partial charge in [0.1, 0.15) is 36.6 Å². The number of ether oxygens (including phenoxy) is 2. The maximum absolute atomic E-state index is 9.80. The van der Waals surface area contributed by atoms with E-state index in [-0.39, 0.29) is 12.4 Å². The van der Waals surface area contributed by atoms with Gasteiger partial charge in [-0.1, -0.05) is 18.2 Å². The second-order valence-corrected chi connectivity index (χ2v) is 4.82. The van der Waals surface area contributed by atoms with Crippen LogP contribution < -0.4 is 14.8 Å². The maximum atomic E-state index is 9.80. The van der Waals surface area contributed by atoms with Crippen LogP contribution in [0.3, 0.4) is 0 Å². The molecule has 0 radical (unpaired) electrons. The van der Waals surface area contributed by atoms with Gasteiger partial charge in [0, 0.05) is 13.1 Å². The predicted molar refractivity (Wildman–Crippen MR) is 84.4 cm³/mol. The molecule has 22 heavy (non-hydrogen) atoms. The quantitative estimate of drug-likeness (QED) is 0.616. The van der Waals surface area contributed by atoms with Gasteiger partial charge in [0.15, 0.2) is 0 Å². The second-order valence-electron chi connectivity index (χ2n) is 4.82. The molecule has 0 saturated carbocycles. The number of benzene rings is 2. The topological polar surface area (TPSA) is 71.0 Å². The minimum atomic E-state index is -0.575. The molecular weight excluding hydrogens is 282 g/mol. The molecule has 0 aliphatic carbocycles. The van der Waals surface area contributed by atoms with Crippen molar-refractivity contribution in [3.05, 3.63) is 54.6 Å². The Morgan fingerprint density at radius 1 is 0.909 bits per heavy atom. The maximum Gasteiger partial charge on any atom is 0.119 e. The Kier molecular flexibility index (Phi) is 6.54. The van der Waals surface area contributed by atoms with Crippen LogP contribution in [0, 0.1) is 0 Å². The summed E-state index contributed by atoms with van der Waals surface area (Å²) in [5.41, 5.74) is 0. The molecule has 0 spiro atoms. The Morgan fingerprint density at radius 3 is 2.32 bits per heavy atom. The molecule has 2 aromatic carbocycles. The first-order valence-corrected chi connectivity index (χ1v) is 7.22. The van der Waals surface area contributed by atoms with Crippen molar-refractivity contribution in [2.75, 3.05) is 26.3 Å². The number of hydrogen-bond donors (Lipinski definition) is 3. The van der Waals surface area contributed by atoms with Crippen LogP contribution in [-0.2, 0) is 0 Å². The van der Waals surface area contributed by atoms with Gasteiger partial charge >= 0.3 is 0 Å². The van der Waals surface area contributed by atoms with E-state index in [4.69, 9.17) is 14.6 Å². The van der Waals surface area contributed by atoms with Gasteiger partial charge in [-0.2, -0.15) is 0 Å². The molecule has 0 bridgehead atoms.